The molecule has 1 aliphatic carbocycles. The molecule has 3 heteroatoms. The molecule has 0 amide bonds. The monoisotopic (exact) mass is 398 g/mol. The molecule has 1 saturated carbocycles. The molecule has 0 radical (unpaired) electrons. The lowest BCUT2D eigenvalue weighted by molar-refractivity contribution is 0.210. The second-order valence-corrected chi connectivity index (χ2v) is 6.96. The van der Waals surface area contributed by atoms with Crippen LogP contribution in [0.1, 0.15) is 72.6 Å². The van der Waals surface area contributed by atoms with Gasteiger partial charge in [-0.05, 0) is 53.6 Å². The smallest absolute Gasteiger partial charge is 0.0797 e. The standard InChI is InChI=1S/C14H26IOP.C2H6/c1-3-4-5-6-7-8-9-13-10-12(2)11-14(13)16-17-15;1-2/h8-9,12-14,17H,3-7,10-11H2,1-2H3;1-2H3/b9-8+;/t12-,13?,14-;/m1./s1. The molecule has 0 saturated heterocycles. The summed E-state index contributed by atoms with van der Waals surface area (Å²) in [7, 11) is 0. The van der Waals surface area contributed by atoms with Crippen LogP contribution in [0, 0.1) is 11.8 Å². The van der Waals surface area contributed by atoms with Crippen molar-refractivity contribution in [2.75, 3.05) is 0 Å². The summed E-state index contributed by atoms with van der Waals surface area (Å²) in [6, 6.07) is 0. The largest absolute Gasteiger partial charge is 0.348 e. The summed E-state index contributed by atoms with van der Waals surface area (Å²) in [5.74, 6) is 1.51. The lowest BCUT2D eigenvalue weighted by Crippen LogP contribution is -2.11. The average Bonchev–Trinajstić information content (AvgIpc) is 2.77. The lowest BCUT2D eigenvalue weighted by atomic mass is 10.0. The maximum Gasteiger partial charge on any atom is 0.0797 e. The summed E-state index contributed by atoms with van der Waals surface area (Å²) in [6.07, 6.45) is 14.6. The summed E-state index contributed by atoms with van der Waals surface area (Å²) >= 11 is 2.34. The first-order valence-corrected chi connectivity index (χ1v) is 12.0. The Morgan fingerprint density at radius 2 is 1.95 bits per heavy atom. The first-order valence-electron chi connectivity index (χ1n) is 7.95. The second kappa shape index (κ2) is 13.8. The fourth-order valence-corrected chi connectivity index (χ4v) is 4.00. The summed E-state index contributed by atoms with van der Waals surface area (Å²) < 4.78 is 5.84. The van der Waals surface area contributed by atoms with Crippen LogP contribution in [-0.4, -0.2) is 6.10 Å². The maximum absolute atomic E-state index is 5.84. The van der Waals surface area contributed by atoms with E-state index in [1.807, 2.05) is 13.8 Å². The van der Waals surface area contributed by atoms with Gasteiger partial charge in [-0.25, -0.2) is 0 Å². The molecule has 0 spiro atoms. The quantitative estimate of drug-likeness (QED) is 0.187. The molecule has 19 heavy (non-hydrogen) atoms. The van der Waals surface area contributed by atoms with Gasteiger partial charge < -0.3 is 4.52 Å². The van der Waals surface area contributed by atoms with Crippen LogP contribution in [0.4, 0.5) is 0 Å². The fourth-order valence-electron chi connectivity index (χ4n) is 2.64. The summed E-state index contributed by atoms with van der Waals surface area (Å²) in [5, 5.41) is 0. The number of unbranched alkanes of at least 4 members (excludes halogenated alkanes) is 4. The van der Waals surface area contributed by atoms with Gasteiger partial charge in [0.15, 0.2) is 0 Å². The van der Waals surface area contributed by atoms with E-state index in [2.05, 4.69) is 48.0 Å². The molecule has 2 unspecified atom stereocenters. The Bertz CT molecular complexity index is 221. The maximum atomic E-state index is 5.84. The number of hydrogen-bond acceptors (Lipinski definition) is 1. The summed E-state index contributed by atoms with van der Waals surface area (Å²) in [6.45, 7) is 9.22. The van der Waals surface area contributed by atoms with E-state index >= 15 is 0 Å². The third-order valence-electron chi connectivity index (χ3n) is 3.59. The molecule has 0 heterocycles. The molecule has 1 rings (SSSR count). The van der Waals surface area contributed by atoms with Crippen LogP contribution in [0.3, 0.4) is 0 Å². The van der Waals surface area contributed by atoms with Crippen molar-refractivity contribution in [1.82, 2.24) is 0 Å². The van der Waals surface area contributed by atoms with E-state index in [1.165, 1.54) is 44.9 Å². The second-order valence-electron chi connectivity index (χ2n) is 5.25. The Hall–Kier alpha value is 0.860. The third kappa shape index (κ3) is 9.42. The van der Waals surface area contributed by atoms with Gasteiger partial charge >= 0.3 is 0 Å². The number of allylic oxidation sites excluding steroid dienone is 1. The molecule has 4 atom stereocenters. The Morgan fingerprint density at radius 1 is 1.21 bits per heavy atom. The highest BCUT2D eigenvalue weighted by Crippen LogP contribution is 2.39. The zero-order valence-electron chi connectivity index (χ0n) is 13.1. The Labute approximate surface area is 135 Å². The van der Waals surface area contributed by atoms with E-state index < -0.39 is 0 Å². The molecule has 1 nitrogen and oxygen atoms in total. The van der Waals surface area contributed by atoms with Crippen molar-refractivity contribution in [1.29, 1.82) is 0 Å². The van der Waals surface area contributed by atoms with E-state index in [9.17, 15) is 0 Å². The molecule has 0 aromatic carbocycles. The molecule has 0 aromatic heterocycles. The van der Waals surface area contributed by atoms with Crippen molar-refractivity contribution in [3.05, 3.63) is 12.2 Å². The van der Waals surface area contributed by atoms with Crippen LogP contribution >= 0.6 is 28.5 Å². The molecule has 0 aromatic rings. The van der Waals surface area contributed by atoms with Crippen molar-refractivity contribution >= 4 is 28.5 Å². The molecule has 0 bridgehead atoms. The topological polar surface area (TPSA) is 9.23 Å². The van der Waals surface area contributed by atoms with Gasteiger partial charge in [-0.1, -0.05) is 59.1 Å². The minimum atomic E-state index is 0.493. The lowest BCUT2D eigenvalue weighted by Gasteiger charge is -2.14. The molecule has 0 aliphatic heterocycles. The van der Waals surface area contributed by atoms with Crippen LogP contribution in [0.2, 0.25) is 0 Å². The Balaban J connectivity index is 0.00000154. The van der Waals surface area contributed by atoms with Crippen molar-refractivity contribution in [2.24, 2.45) is 11.8 Å². The first kappa shape index (κ1) is 19.9. The zero-order chi connectivity index (χ0) is 14.5. The summed E-state index contributed by atoms with van der Waals surface area (Å²) in [4.78, 5) is 0. The van der Waals surface area contributed by atoms with Crippen LogP contribution in [0.15, 0.2) is 12.2 Å². The SMILES string of the molecule is CC.CCCCCC/C=C/C1C[C@@H](C)C[C@H]1OPI. The van der Waals surface area contributed by atoms with E-state index in [0.29, 0.717) is 18.5 Å². The third-order valence-corrected chi connectivity index (χ3v) is 4.74. The summed E-state index contributed by atoms with van der Waals surface area (Å²) in [5.41, 5.74) is 0. The van der Waals surface area contributed by atoms with Crippen LogP contribution in [0.5, 0.6) is 0 Å². The first-order chi connectivity index (χ1) is 9.27. The van der Waals surface area contributed by atoms with Gasteiger partial charge in [0.05, 0.1) is 12.6 Å². The molecule has 1 fully saturated rings. The van der Waals surface area contributed by atoms with Crippen molar-refractivity contribution in [2.45, 2.75) is 78.7 Å². The zero-order valence-corrected chi connectivity index (χ0v) is 16.3. The fraction of sp³-hybridized carbons (Fsp3) is 0.875. The molecular formula is C16H32IOP. The normalized spacial score (nSPS) is 27.1. The Kier molecular flexibility index (Phi) is 14.5. The highest BCUT2D eigenvalue weighted by atomic mass is 127. The molecular weight excluding hydrogens is 366 g/mol. The molecule has 114 valence electrons. The number of halogens is 1. The van der Waals surface area contributed by atoms with E-state index in [4.69, 9.17) is 4.52 Å². The van der Waals surface area contributed by atoms with E-state index in [1.54, 1.807) is 0 Å². The van der Waals surface area contributed by atoms with E-state index in [0.717, 1.165) is 5.92 Å². The van der Waals surface area contributed by atoms with Gasteiger partial charge in [0.1, 0.15) is 0 Å². The predicted molar refractivity (Wildman–Crippen MR) is 98.3 cm³/mol. The minimum absolute atomic E-state index is 0.493. The van der Waals surface area contributed by atoms with Crippen LogP contribution in [0.25, 0.3) is 0 Å². The van der Waals surface area contributed by atoms with E-state index in [-0.39, 0.29) is 0 Å². The highest BCUT2D eigenvalue weighted by Gasteiger charge is 2.30. The Morgan fingerprint density at radius 3 is 2.58 bits per heavy atom. The van der Waals surface area contributed by atoms with Gasteiger partial charge in [-0.2, -0.15) is 0 Å². The van der Waals surface area contributed by atoms with Crippen LogP contribution < -0.4 is 0 Å². The van der Waals surface area contributed by atoms with Crippen LogP contribution in [-0.2, 0) is 4.52 Å². The molecule has 1 aliphatic rings. The van der Waals surface area contributed by atoms with Gasteiger partial charge in [0.2, 0.25) is 0 Å². The van der Waals surface area contributed by atoms with Gasteiger partial charge in [0.25, 0.3) is 0 Å². The van der Waals surface area contributed by atoms with Gasteiger partial charge in [-0.15, -0.1) is 0 Å². The van der Waals surface area contributed by atoms with Gasteiger partial charge in [0, 0.05) is 5.92 Å². The number of rotatable bonds is 8. The average molecular weight is 398 g/mol. The minimum Gasteiger partial charge on any atom is -0.348 e. The van der Waals surface area contributed by atoms with Crippen molar-refractivity contribution in [3.63, 3.8) is 0 Å². The highest BCUT2D eigenvalue weighted by molar-refractivity contribution is 14.2. The molecule has 0 N–H and O–H groups in total. The predicted octanol–water partition coefficient (Wildman–Crippen LogP) is 6.91. The van der Waals surface area contributed by atoms with Crippen molar-refractivity contribution < 1.29 is 4.52 Å². The van der Waals surface area contributed by atoms with Crippen molar-refractivity contribution in [3.8, 4) is 0 Å². The number of hydrogen-bond donors (Lipinski definition) is 0. The van der Waals surface area contributed by atoms with Gasteiger partial charge in [-0.3, -0.25) is 0 Å².